The summed E-state index contributed by atoms with van der Waals surface area (Å²) in [5.41, 5.74) is 2.05. The van der Waals surface area contributed by atoms with Gasteiger partial charge in [-0.25, -0.2) is 4.98 Å². The van der Waals surface area contributed by atoms with Crippen LogP contribution in [0.2, 0.25) is 0 Å². The number of nitrogens with one attached hydrogen (secondary N) is 2. The highest BCUT2D eigenvalue weighted by Gasteiger charge is 2.01. The molecular weight excluding hydrogens is 393 g/mol. The highest BCUT2D eigenvalue weighted by molar-refractivity contribution is 14.0. The molecule has 0 aliphatic rings. The van der Waals surface area contributed by atoms with Crippen LogP contribution in [0.5, 0.6) is 0 Å². The molecule has 0 spiro atoms. The van der Waals surface area contributed by atoms with Gasteiger partial charge in [0.1, 0.15) is 5.65 Å². The second-order valence-corrected chi connectivity index (χ2v) is 4.72. The Bertz CT molecular complexity index is 551. The van der Waals surface area contributed by atoms with E-state index in [0.717, 1.165) is 49.8 Å². The highest BCUT2D eigenvalue weighted by atomic mass is 127. The molecule has 2 rings (SSSR count). The number of rotatable bonds is 7. The van der Waals surface area contributed by atoms with Crippen molar-refractivity contribution in [3.8, 4) is 0 Å². The monoisotopic (exact) mass is 417 g/mol. The lowest BCUT2D eigenvalue weighted by Crippen LogP contribution is -2.39. The zero-order chi connectivity index (χ0) is 14.9. The van der Waals surface area contributed by atoms with E-state index in [4.69, 9.17) is 4.74 Å². The van der Waals surface area contributed by atoms with Gasteiger partial charge < -0.3 is 19.8 Å². The van der Waals surface area contributed by atoms with Crippen LogP contribution in [-0.4, -0.2) is 49.2 Å². The molecule has 2 aromatic rings. The molecule has 2 N–H and O–H groups in total. The lowest BCUT2D eigenvalue weighted by Gasteiger charge is -2.10. The van der Waals surface area contributed by atoms with Gasteiger partial charge >= 0.3 is 0 Å². The summed E-state index contributed by atoms with van der Waals surface area (Å²) >= 11 is 0. The summed E-state index contributed by atoms with van der Waals surface area (Å²) < 4.78 is 7.05. The number of hydrogen-bond donors (Lipinski definition) is 2. The SMILES string of the molecule is CN=C(NCCCOC)NCCc1cn2ccccc2n1.I. The van der Waals surface area contributed by atoms with Gasteiger partial charge in [-0.2, -0.15) is 0 Å². The number of pyridine rings is 1. The van der Waals surface area contributed by atoms with E-state index in [1.807, 2.05) is 28.8 Å². The van der Waals surface area contributed by atoms with Crippen LogP contribution in [0.15, 0.2) is 35.6 Å². The van der Waals surface area contributed by atoms with E-state index in [0.29, 0.717) is 0 Å². The number of hydrogen-bond acceptors (Lipinski definition) is 3. The summed E-state index contributed by atoms with van der Waals surface area (Å²) in [6.45, 7) is 2.40. The second-order valence-electron chi connectivity index (χ2n) is 4.72. The Balaban J connectivity index is 0.00000242. The van der Waals surface area contributed by atoms with Crippen LogP contribution in [0.4, 0.5) is 0 Å². The average Bonchev–Trinajstić information content (AvgIpc) is 2.92. The van der Waals surface area contributed by atoms with E-state index in [9.17, 15) is 0 Å². The third-order valence-corrected chi connectivity index (χ3v) is 3.13. The summed E-state index contributed by atoms with van der Waals surface area (Å²) in [7, 11) is 3.48. The van der Waals surface area contributed by atoms with Crippen LogP contribution in [0.25, 0.3) is 5.65 Å². The summed E-state index contributed by atoms with van der Waals surface area (Å²) in [6.07, 6.45) is 5.89. The van der Waals surface area contributed by atoms with Crippen molar-refractivity contribution in [1.82, 2.24) is 20.0 Å². The van der Waals surface area contributed by atoms with Crippen LogP contribution < -0.4 is 10.6 Å². The first-order valence-corrected chi connectivity index (χ1v) is 7.19. The molecule has 2 aromatic heterocycles. The molecule has 122 valence electrons. The van der Waals surface area contributed by atoms with Gasteiger partial charge in [0.05, 0.1) is 5.69 Å². The standard InChI is InChI=1S/C15H23N5O.HI/c1-16-15(17-8-5-11-21-2)18-9-7-13-12-20-10-4-3-6-14(20)19-13;/h3-4,6,10,12H,5,7-9,11H2,1-2H3,(H2,16,17,18);1H. The average molecular weight is 417 g/mol. The molecule has 0 fully saturated rings. The topological polar surface area (TPSA) is 63.0 Å². The van der Waals surface area contributed by atoms with E-state index >= 15 is 0 Å². The fourth-order valence-electron chi connectivity index (χ4n) is 2.06. The van der Waals surface area contributed by atoms with E-state index < -0.39 is 0 Å². The highest BCUT2D eigenvalue weighted by Crippen LogP contribution is 2.04. The molecular formula is C15H24IN5O. The molecule has 0 saturated carbocycles. The van der Waals surface area contributed by atoms with Gasteiger partial charge in [-0.3, -0.25) is 4.99 Å². The lowest BCUT2D eigenvalue weighted by molar-refractivity contribution is 0.195. The maximum absolute atomic E-state index is 5.01. The molecule has 2 heterocycles. The van der Waals surface area contributed by atoms with Gasteiger partial charge in [0.25, 0.3) is 0 Å². The minimum absolute atomic E-state index is 0. The third kappa shape index (κ3) is 5.80. The van der Waals surface area contributed by atoms with Crippen LogP contribution in [0.3, 0.4) is 0 Å². The predicted octanol–water partition coefficient (Wildman–Crippen LogP) is 1.70. The molecule has 0 aromatic carbocycles. The molecule has 0 atom stereocenters. The van der Waals surface area contributed by atoms with Crippen LogP contribution in [-0.2, 0) is 11.2 Å². The van der Waals surface area contributed by atoms with Crippen molar-refractivity contribution in [2.75, 3.05) is 33.9 Å². The number of aromatic nitrogens is 2. The Kier molecular flexibility index (Phi) is 8.83. The van der Waals surface area contributed by atoms with Crippen molar-refractivity contribution >= 4 is 35.6 Å². The number of fused-ring (bicyclic) bond motifs is 1. The van der Waals surface area contributed by atoms with Gasteiger partial charge in [0, 0.05) is 52.7 Å². The first-order valence-electron chi connectivity index (χ1n) is 7.19. The van der Waals surface area contributed by atoms with Crippen LogP contribution in [0, 0.1) is 0 Å². The third-order valence-electron chi connectivity index (χ3n) is 3.13. The fraction of sp³-hybridized carbons (Fsp3) is 0.467. The Labute approximate surface area is 148 Å². The van der Waals surface area contributed by atoms with Gasteiger partial charge in [-0.15, -0.1) is 24.0 Å². The molecule has 0 radical (unpaired) electrons. The Morgan fingerprint density at radius 1 is 1.32 bits per heavy atom. The number of aliphatic imine (C=N–C) groups is 1. The summed E-state index contributed by atoms with van der Waals surface area (Å²) in [6, 6.07) is 6.01. The van der Waals surface area contributed by atoms with Crippen molar-refractivity contribution in [3.63, 3.8) is 0 Å². The fourth-order valence-corrected chi connectivity index (χ4v) is 2.06. The van der Waals surface area contributed by atoms with E-state index in [1.165, 1.54) is 0 Å². The molecule has 22 heavy (non-hydrogen) atoms. The van der Waals surface area contributed by atoms with Gasteiger partial charge in [-0.05, 0) is 18.6 Å². The van der Waals surface area contributed by atoms with Gasteiger partial charge in [0.2, 0.25) is 0 Å². The van der Waals surface area contributed by atoms with Crippen LogP contribution in [0.1, 0.15) is 12.1 Å². The molecule has 0 bridgehead atoms. The summed E-state index contributed by atoms with van der Waals surface area (Å²) in [4.78, 5) is 8.76. The van der Waals surface area contributed by atoms with E-state index in [2.05, 4.69) is 26.8 Å². The first kappa shape index (κ1) is 18.7. The molecule has 0 unspecified atom stereocenters. The maximum Gasteiger partial charge on any atom is 0.190 e. The number of imidazole rings is 1. The number of nitrogens with zero attached hydrogens (tertiary/aromatic N) is 3. The van der Waals surface area contributed by atoms with Crippen molar-refractivity contribution in [3.05, 3.63) is 36.3 Å². The Morgan fingerprint density at radius 3 is 2.86 bits per heavy atom. The zero-order valence-electron chi connectivity index (χ0n) is 13.1. The number of guanidine groups is 1. The normalized spacial score (nSPS) is 11.3. The van der Waals surface area contributed by atoms with Crippen molar-refractivity contribution in [2.45, 2.75) is 12.8 Å². The largest absolute Gasteiger partial charge is 0.385 e. The van der Waals surface area contributed by atoms with E-state index in [-0.39, 0.29) is 24.0 Å². The quantitative estimate of drug-likeness (QED) is 0.312. The minimum Gasteiger partial charge on any atom is -0.385 e. The first-order chi connectivity index (χ1) is 10.3. The Morgan fingerprint density at radius 2 is 2.14 bits per heavy atom. The van der Waals surface area contributed by atoms with Crippen molar-refractivity contribution < 1.29 is 4.74 Å². The van der Waals surface area contributed by atoms with Crippen LogP contribution >= 0.6 is 24.0 Å². The molecule has 6 nitrogen and oxygen atoms in total. The van der Waals surface area contributed by atoms with Crippen molar-refractivity contribution in [1.29, 1.82) is 0 Å². The summed E-state index contributed by atoms with van der Waals surface area (Å²) in [5.74, 6) is 0.815. The number of halogens is 1. The molecule has 0 saturated heterocycles. The minimum atomic E-state index is 0. The van der Waals surface area contributed by atoms with E-state index in [1.54, 1.807) is 14.2 Å². The molecule has 7 heteroatoms. The van der Waals surface area contributed by atoms with Crippen molar-refractivity contribution in [2.24, 2.45) is 4.99 Å². The Hall–Kier alpha value is -1.35. The van der Waals surface area contributed by atoms with Gasteiger partial charge in [0.15, 0.2) is 5.96 Å². The number of methoxy groups -OCH3 is 1. The molecule has 0 aliphatic carbocycles. The smallest absolute Gasteiger partial charge is 0.190 e. The van der Waals surface area contributed by atoms with Gasteiger partial charge in [-0.1, -0.05) is 6.07 Å². The summed E-state index contributed by atoms with van der Waals surface area (Å²) in [5, 5.41) is 6.54. The molecule has 0 amide bonds. The predicted molar refractivity (Wildman–Crippen MR) is 100 cm³/mol. The maximum atomic E-state index is 5.01. The number of ether oxygens (including phenoxy) is 1. The second kappa shape index (κ2) is 10.4. The zero-order valence-corrected chi connectivity index (χ0v) is 15.4. The lowest BCUT2D eigenvalue weighted by atomic mass is 10.3. The molecule has 0 aliphatic heterocycles.